The van der Waals surface area contributed by atoms with Crippen molar-refractivity contribution in [3.05, 3.63) is 0 Å². The molecule has 7 heavy (non-hydrogen) atoms. The minimum absolute atomic E-state index is 0. The van der Waals surface area contributed by atoms with Gasteiger partial charge in [0.05, 0.1) is 0 Å². The van der Waals surface area contributed by atoms with E-state index in [1.54, 1.807) is 0 Å². The van der Waals surface area contributed by atoms with Gasteiger partial charge in [-0.15, -0.1) is 9.78 Å². The highest BCUT2D eigenvalue weighted by Crippen LogP contribution is 2.19. The van der Waals surface area contributed by atoms with Crippen LogP contribution in [-0.2, 0) is 9.78 Å². The molecule has 0 bridgehead atoms. The highest BCUT2D eigenvalue weighted by molar-refractivity contribution is 5.75. The average molecular weight is 125 g/mol. The highest BCUT2D eigenvalue weighted by Gasteiger charge is 2.45. The fourth-order valence-corrected chi connectivity index (χ4v) is 0.0373. The molecule has 1 saturated heterocycles. The molecule has 1 fully saturated rings. The molecule has 1 heterocycles. The number of hydrogen-bond acceptors (Lipinski definition) is 5. The Hall–Kier alpha value is 0.332. The highest BCUT2D eigenvalue weighted by atomic mass is 27.0. The molecule has 5 nitrogen and oxygen atoms in total. The van der Waals surface area contributed by atoms with Crippen molar-refractivity contribution in [1.29, 1.82) is 0 Å². The molecule has 0 saturated carbocycles. The van der Waals surface area contributed by atoms with Gasteiger partial charge in [0.2, 0.25) is 0 Å². The van der Waals surface area contributed by atoms with E-state index in [0.29, 0.717) is 0 Å². The Morgan fingerprint density at radius 1 is 1.14 bits per heavy atom. The Kier molecular flexibility index (Phi) is 3.83. The van der Waals surface area contributed by atoms with Gasteiger partial charge in [0.15, 0.2) is 17.4 Å². The van der Waals surface area contributed by atoms with E-state index in [1.165, 1.54) is 0 Å². The van der Waals surface area contributed by atoms with Crippen molar-refractivity contribution in [2.24, 2.45) is 0 Å². The van der Waals surface area contributed by atoms with Crippen molar-refractivity contribution < 1.29 is 20.0 Å². The van der Waals surface area contributed by atoms with E-state index in [0.717, 1.165) is 0 Å². The Bertz CT molecular complexity index is 49.7. The first-order valence-electron chi connectivity index (χ1n) is 1.02. The average Bonchev–Trinajstić information content (AvgIpc) is 1.76. The van der Waals surface area contributed by atoms with Crippen LogP contribution in [0, 0.1) is 0 Å². The van der Waals surface area contributed by atoms with Crippen LogP contribution in [-0.4, -0.2) is 33.7 Å². The third-order valence-electron chi connectivity index (χ3n) is 0.232. The predicted molar refractivity (Wildman–Crippen MR) is 24.3 cm³/mol. The second-order valence-electron chi connectivity index (χ2n) is 0.715. The fraction of sp³-hybridized carbons (Fsp3) is 1.00. The SMILES string of the molecule is N.OC1(O)OO1.[AlH3]. The maximum atomic E-state index is 7.74. The second-order valence-corrected chi connectivity index (χ2v) is 0.715. The molecule has 0 atom stereocenters. The van der Waals surface area contributed by atoms with Gasteiger partial charge in [-0.05, 0) is 0 Å². The van der Waals surface area contributed by atoms with E-state index in [9.17, 15) is 0 Å². The van der Waals surface area contributed by atoms with Crippen molar-refractivity contribution in [3.8, 4) is 0 Å². The van der Waals surface area contributed by atoms with Gasteiger partial charge in [0.25, 0.3) is 0 Å². The number of aliphatic hydroxyl groups is 2. The van der Waals surface area contributed by atoms with Crippen LogP contribution in [0.25, 0.3) is 0 Å². The summed E-state index contributed by atoms with van der Waals surface area (Å²) in [4.78, 5) is 7.01. The van der Waals surface area contributed by atoms with Gasteiger partial charge >= 0.3 is 6.16 Å². The molecular weight excluding hydrogens is 117 g/mol. The molecule has 0 unspecified atom stereocenters. The first-order chi connectivity index (χ1) is 2.21. The molecule has 5 N–H and O–H groups in total. The lowest BCUT2D eigenvalue weighted by molar-refractivity contribution is -0.168. The maximum absolute atomic E-state index is 7.74. The van der Waals surface area contributed by atoms with E-state index in [1.807, 2.05) is 0 Å². The van der Waals surface area contributed by atoms with Gasteiger partial charge in [-0.1, -0.05) is 0 Å². The molecule has 0 aromatic heterocycles. The van der Waals surface area contributed by atoms with Crippen molar-refractivity contribution in [3.63, 3.8) is 0 Å². The van der Waals surface area contributed by atoms with Gasteiger partial charge in [-0.3, -0.25) is 0 Å². The van der Waals surface area contributed by atoms with Crippen LogP contribution in [0.5, 0.6) is 0 Å². The summed E-state index contributed by atoms with van der Waals surface area (Å²) in [6, 6.07) is 0. The molecule has 1 aliphatic rings. The minimum Gasteiger partial charge on any atom is -0.344 e. The molecule has 6 heteroatoms. The minimum atomic E-state index is -2.25. The summed E-state index contributed by atoms with van der Waals surface area (Å²) < 4.78 is 0. The smallest absolute Gasteiger partial charge is 0.344 e. The second kappa shape index (κ2) is 2.59. The summed E-state index contributed by atoms with van der Waals surface area (Å²) >= 11 is 0. The van der Waals surface area contributed by atoms with Crippen LogP contribution in [0.3, 0.4) is 0 Å². The lowest BCUT2D eigenvalue weighted by atomic mass is 11.2. The third-order valence-corrected chi connectivity index (χ3v) is 0.232. The lowest BCUT2D eigenvalue weighted by Crippen LogP contribution is -2.03. The van der Waals surface area contributed by atoms with Crippen molar-refractivity contribution in [2.45, 2.75) is 6.16 Å². The Morgan fingerprint density at radius 3 is 1.29 bits per heavy atom. The molecular formula is CH8AlNO4. The molecule has 0 aromatic carbocycles. The van der Waals surface area contributed by atoms with Crippen molar-refractivity contribution >= 4 is 17.4 Å². The summed E-state index contributed by atoms with van der Waals surface area (Å²) in [5.41, 5.74) is 0. The molecule has 0 aromatic rings. The Labute approximate surface area is 50.5 Å². The number of hydrogen-bond donors (Lipinski definition) is 3. The van der Waals surface area contributed by atoms with Gasteiger partial charge in [0.1, 0.15) is 0 Å². The summed E-state index contributed by atoms with van der Waals surface area (Å²) in [6.45, 7) is 0. The Morgan fingerprint density at radius 2 is 1.29 bits per heavy atom. The van der Waals surface area contributed by atoms with Gasteiger partial charge in [-0.2, -0.15) is 0 Å². The zero-order valence-electron chi connectivity index (χ0n) is 2.92. The molecule has 1 rings (SSSR count). The van der Waals surface area contributed by atoms with Crippen molar-refractivity contribution in [2.75, 3.05) is 0 Å². The maximum Gasteiger partial charge on any atom is 0.461 e. The molecule has 0 amide bonds. The van der Waals surface area contributed by atoms with Gasteiger partial charge < -0.3 is 16.4 Å². The first kappa shape index (κ1) is 10.3. The topological polar surface area (TPSA) is 101 Å². The van der Waals surface area contributed by atoms with Crippen LogP contribution in [0.2, 0.25) is 0 Å². The normalized spacial score (nSPS) is 21.4. The zero-order chi connectivity index (χ0) is 3.91. The van der Waals surface area contributed by atoms with E-state index in [2.05, 4.69) is 9.78 Å². The van der Waals surface area contributed by atoms with E-state index in [-0.39, 0.29) is 23.5 Å². The van der Waals surface area contributed by atoms with Crippen LogP contribution in [0.4, 0.5) is 0 Å². The monoisotopic (exact) mass is 125 g/mol. The molecule has 1 aliphatic heterocycles. The van der Waals surface area contributed by atoms with Crippen LogP contribution in [0.15, 0.2) is 0 Å². The fourth-order valence-electron chi connectivity index (χ4n) is 0.0373. The third kappa shape index (κ3) is 4.18. The largest absolute Gasteiger partial charge is 0.461 e. The zero-order valence-corrected chi connectivity index (χ0v) is 2.92. The summed E-state index contributed by atoms with van der Waals surface area (Å²) in [6.07, 6.45) is -2.25. The van der Waals surface area contributed by atoms with Gasteiger partial charge in [-0.25, -0.2) is 0 Å². The molecule has 0 radical (unpaired) electrons. The predicted octanol–water partition coefficient (Wildman–Crippen LogP) is -2.48. The summed E-state index contributed by atoms with van der Waals surface area (Å²) in [5.74, 6) is 0. The standard InChI is InChI=1S/CH2O4.Al.H3N.3H/c2-1(3)4-5-1;;;;;/h2-3H;;1H3;;;. The molecule has 44 valence electrons. The lowest BCUT2D eigenvalue weighted by Gasteiger charge is -1.73. The van der Waals surface area contributed by atoms with E-state index >= 15 is 0 Å². The first-order valence-corrected chi connectivity index (χ1v) is 1.02. The van der Waals surface area contributed by atoms with Crippen molar-refractivity contribution in [1.82, 2.24) is 6.15 Å². The van der Waals surface area contributed by atoms with Crippen LogP contribution < -0.4 is 6.15 Å². The van der Waals surface area contributed by atoms with Crippen LogP contribution >= 0.6 is 0 Å². The summed E-state index contributed by atoms with van der Waals surface area (Å²) in [5, 5.41) is 15.5. The number of rotatable bonds is 0. The van der Waals surface area contributed by atoms with Gasteiger partial charge in [0, 0.05) is 0 Å². The van der Waals surface area contributed by atoms with E-state index in [4.69, 9.17) is 10.2 Å². The van der Waals surface area contributed by atoms with E-state index < -0.39 is 6.16 Å². The quantitative estimate of drug-likeness (QED) is 0.144. The Balaban J connectivity index is 0. The summed E-state index contributed by atoms with van der Waals surface area (Å²) in [7, 11) is 0. The van der Waals surface area contributed by atoms with Crippen LogP contribution in [0.1, 0.15) is 0 Å². The molecule has 0 aliphatic carbocycles. The molecule has 0 spiro atoms.